The van der Waals surface area contributed by atoms with Crippen LogP contribution in [0, 0.1) is 0 Å². The summed E-state index contributed by atoms with van der Waals surface area (Å²) in [5.41, 5.74) is 41.1. The zero-order valence-corrected chi connectivity index (χ0v) is 65.0. The smallest absolute Gasteiger partial charge is 0.249 e. The molecule has 0 bridgehead atoms. The molecule has 0 N–H and O–H groups in total. The first kappa shape index (κ1) is 65.4. The van der Waals surface area contributed by atoms with Gasteiger partial charge < -0.3 is 18.9 Å². The molecule has 0 fully saturated rings. The Kier molecular flexibility index (Phi) is 14.0. The number of anilines is 6. The monoisotopic (exact) mass is 1520 g/mol. The molecule has 0 atom stereocenters. The highest BCUT2D eigenvalue weighted by Gasteiger charge is 2.55. The third kappa shape index (κ3) is 9.25. The van der Waals surface area contributed by atoms with E-state index in [9.17, 15) is 0 Å². The van der Waals surface area contributed by atoms with Crippen molar-refractivity contribution in [3.8, 4) is 78.1 Å². The molecule has 0 amide bonds. The van der Waals surface area contributed by atoms with E-state index in [1.165, 1.54) is 208 Å². The summed E-state index contributed by atoms with van der Waals surface area (Å²) in [6, 6.07) is 152. The normalized spacial score (nSPS) is 13.7. The van der Waals surface area contributed by atoms with E-state index in [0.717, 1.165) is 22.7 Å². The van der Waals surface area contributed by atoms with Crippen LogP contribution in [0.1, 0.15) is 22.3 Å². The van der Waals surface area contributed by atoms with Gasteiger partial charge in [-0.1, -0.05) is 350 Å². The Balaban J connectivity index is 0.725. The molecule has 0 saturated carbocycles. The van der Waals surface area contributed by atoms with Crippen molar-refractivity contribution in [2.24, 2.45) is 0 Å². The summed E-state index contributed by atoms with van der Waals surface area (Å²) in [5, 5.41) is 4.96. The summed E-state index contributed by atoms with van der Waals surface area (Å²) in [4.78, 5) is 10.3. The number of para-hydroxylation sites is 6. The molecule has 20 aromatic rings. The average Bonchev–Trinajstić information content (AvgIpc) is 1.47. The van der Waals surface area contributed by atoms with E-state index in [-0.39, 0.29) is 13.4 Å². The minimum absolute atomic E-state index is 0.140. The van der Waals surface area contributed by atoms with Gasteiger partial charge in [-0.25, -0.2) is 0 Å². The summed E-state index contributed by atoms with van der Waals surface area (Å²) < 4.78 is 5.06. The lowest BCUT2D eigenvalue weighted by atomic mass is 9.34. The fraction of sp³-hybridized carbons (Fsp3) is 0.00917. The SMILES string of the molecule is c1ccc(-c2ccc3c(c2)B2c4cc5c(cc4Sc4cc(-n6c7ccccc7c7ccccc76)cc(c42)N3c2ccccc2-c2ccccc2)C2(c3ccccc3-5)c3ccccc3-c3cc4c(cc32)Sc2cc(-n3c5ccccc5c5ccccc53)cc3c2B4c2cc(-c4ccccc4)ccc2N3c2ccccc2-c2ccccc2)cc1. The Morgan fingerprint density at radius 1 is 0.205 bits per heavy atom. The Bertz CT molecular complexity index is 7120. The molecule has 0 unspecified atom stereocenters. The second kappa shape index (κ2) is 25.0. The lowest BCUT2D eigenvalue weighted by Crippen LogP contribution is -2.60. The molecular weight excluding hydrogens is 1450 g/mol. The number of benzene rings is 18. The minimum Gasteiger partial charge on any atom is -0.311 e. The number of aromatic nitrogens is 2. The van der Waals surface area contributed by atoms with Crippen LogP contribution in [0.4, 0.5) is 34.1 Å². The Morgan fingerprint density at radius 3 is 0.932 bits per heavy atom. The van der Waals surface area contributed by atoms with Gasteiger partial charge in [-0.05, 0) is 185 Å². The van der Waals surface area contributed by atoms with Crippen LogP contribution in [0.3, 0.4) is 0 Å². The van der Waals surface area contributed by atoms with E-state index in [1.54, 1.807) is 0 Å². The highest BCUT2D eigenvalue weighted by Crippen LogP contribution is 2.65. The van der Waals surface area contributed by atoms with E-state index in [1.807, 2.05) is 23.5 Å². The van der Waals surface area contributed by atoms with Crippen molar-refractivity contribution in [1.82, 2.24) is 9.13 Å². The molecule has 4 aliphatic heterocycles. The molecule has 0 saturated heterocycles. The standard InChI is InChI=1S/C109H66B2N4S2/c1-5-29-67(30-6-1)71-53-55-99-89(57-71)110-91-63-83-77-39-13-21-45-85(77)109(87(83)65-103(91)116-105-61-73(112-95-49-25-17-41-79(95)80-42-18-26-50-96(80)112)59-101(107(105)110)114(99)93-47-23-15-37-75(93)69-33-9-3-10-34-69)86-46-22-14-40-78(86)84-64-92-104(66-88(84)109)117-106-62-74(113-97-51-27-19-43-81(97)82-44-20-28-52-98(82)113)60-102-108(106)111(92)90-58-72(68-31-7-2-8-32-68)54-56-100(90)115(102)94-48-24-16-38-76(94)70-35-11-4-12-36-70/h1-66H. The van der Waals surface area contributed by atoms with Crippen LogP contribution in [-0.2, 0) is 5.41 Å². The van der Waals surface area contributed by atoms with Gasteiger partial charge in [0.15, 0.2) is 0 Å². The maximum atomic E-state index is 2.69. The molecule has 8 heteroatoms. The summed E-state index contributed by atoms with van der Waals surface area (Å²) in [6.07, 6.45) is 0. The molecule has 18 aromatic carbocycles. The van der Waals surface area contributed by atoms with Crippen molar-refractivity contribution in [2.45, 2.75) is 25.0 Å². The number of hydrogen-bond acceptors (Lipinski definition) is 4. The van der Waals surface area contributed by atoms with Gasteiger partial charge in [-0.2, -0.15) is 0 Å². The zero-order valence-electron chi connectivity index (χ0n) is 63.4. The fourth-order valence-corrected chi connectivity index (χ4v) is 23.9. The van der Waals surface area contributed by atoms with Gasteiger partial charge >= 0.3 is 0 Å². The molecule has 26 rings (SSSR count). The number of hydrogen-bond donors (Lipinski definition) is 0. The van der Waals surface area contributed by atoms with E-state index in [0.29, 0.717) is 0 Å². The Hall–Kier alpha value is -14.0. The summed E-state index contributed by atoms with van der Waals surface area (Å²) in [5.74, 6) is 0. The van der Waals surface area contributed by atoms with Crippen LogP contribution in [-0.4, -0.2) is 22.6 Å². The van der Waals surface area contributed by atoms with E-state index < -0.39 is 5.41 Å². The predicted octanol–water partition coefficient (Wildman–Crippen LogP) is 24.4. The van der Waals surface area contributed by atoms with E-state index in [2.05, 4.69) is 419 Å². The molecule has 1 spiro atoms. The largest absolute Gasteiger partial charge is 0.311 e. The lowest BCUT2D eigenvalue weighted by molar-refractivity contribution is 0.789. The minimum atomic E-state index is -0.693. The maximum Gasteiger partial charge on any atom is 0.249 e. The van der Waals surface area contributed by atoms with Crippen molar-refractivity contribution in [1.29, 1.82) is 0 Å². The van der Waals surface area contributed by atoms with Gasteiger partial charge in [0.25, 0.3) is 0 Å². The van der Waals surface area contributed by atoms with Crippen LogP contribution < -0.4 is 42.6 Å². The molecule has 0 radical (unpaired) electrons. The van der Waals surface area contributed by atoms with Gasteiger partial charge in [0.1, 0.15) is 0 Å². The van der Waals surface area contributed by atoms with E-state index in [4.69, 9.17) is 0 Å². The van der Waals surface area contributed by atoms with Gasteiger partial charge in [0.2, 0.25) is 13.4 Å². The lowest BCUT2D eigenvalue weighted by Gasteiger charge is -2.42. The van der Waals surface area contributed by atoms with Crippen molar-refractivity contribution >= 4 is 147 Å². The van der Waals surface area contributed by atoms with Gasteiger partial charge in [-0.15, -0.1) is 0 Å². The number of fused-ring (bicyclic) bond motifs is 24. The fourth-order valence-electron chi connectivity index (χ4n) is 21.5. The summed E-state index contributed by atoms with van der Waals surface area (Å²) in [6.45, 7) is -0.280. The van der Waals surface area contributed by atoms with Gasteiger partial charge in [-0.3, -0.25) is 0 Å². The predicted molar refractivity (Wildman–Crippen MR) is 493 cm³/mol. The summed E-state index contributed by atoms with van der Waals surface area (Å²) in [7, 11) is 0. The van der Waals surface area contributed by atoms with Crippen LogP contribution in [0.25, 0.3) is 122 Å². The second-order valence-corrected chi connectivity index (χ2v) is 34.2. The zero-order chi connectivity index (χ0) is 76.3. The van der Waals surface area contributed by atoms with E-state index >= 15 is 0 Å². The first-order valence-corrected chi connectivity index (χ1v) is 42.2. The number of nitrogens with zero attached hydrogens (tertiary/aromatic N) is 4. The highest BCUT2D eigenvalue weighted by atomic mass is 32.2. The highest BCUT2D eigenvalue weighted by molar-refractivity contribution is 8.00. The topological polar surface area (TPSA) is 16.3 Å². The number of rotatable bonds is 8. The first-order chi connectivity index (χ1) is 58.1. The average molecular weight is 1520 g/mol. The van der Waals surface area contributed by atoms with Crippen LogP contribution in [0.2, 0.25) is 0 Å². The molecular formula is C109H66B2N4S2. The van der Waals surface area contributed by atoms with Gasteiger partial charge in [0.05, 0.1) is 38.9 Å². The van der Waals surface area contributed by atoms with Crippen molar-refractivity contribution < 1.29 is 0 Å². The van der Waals surface area contributed by atoms with Crippen LogP contribution >= 0.6 is 23.5 Å². The molecule has 4 nitrogen and oxygen atoms in total. The second-order valence-electron chi connectivity index (χ2n) is 32.0. The molecule has 2 aliphatic carbocycles. The summed E-state index contributed by atoms with van der Waals surface area (Å²) >= 11 is 3.93. The quantitative estimate of drug-likeness (QED) is 0.141. The molecule has 6 heterocycles. The van der Waals surface area contributed by atoms with Crippen molar-refractivity contribution in [3.63, 3.8) is 0 Å². The Labute approximate surface area is 687 Å². The maximum absolute atomic E-state index is 2.69. The third-order valence-corrected chi connectivity index (χ3v) is 28.5. The van der Waals surface area contributed by atoms with Gasteiger partial charge in [0, 0.05) is 86.4 Å². The van der Waals surface area contributed by atoms with Crippen LogP contribution in [0.5, 0.6) is 0 Å². The Morgan fingerprint density at radius 2 is 0.538 bits per heavy atom. The van der Waals surface area contributed by atoms with Crippen LogP contribution in [0.15, 0.2) is 420 Å². The molecule has 117 heavy (non-hydrogen) atoms. The molecule has 540 valence electrons. The van der Waals surface area contributed by atoms with Crippen molar-refractivity contribution in [2.75, 3.05) is 9.80 Å². The third-order valence-electron chi connectivity index (χ3n) is 26.2. The molecule has 2 aromatic heterocycles. The molecule has 6 aliphatic rings. The van der Waals surface area contributed by atoms with Crippen molar-refractivity contribution in [3.05, 3.63) is 423 Å². The first-order valence-electron chi connectivity index (χ1n) is 40.6.